The van der Waals surface area contributed by atoms with Crippen molar-refractivity contribution in [3.05, 3.63) is 52.4 Å². The number of rotatable bonds is 4. The van der Waals surface area contributed by atoms with Crippen LogP contribution in [0.1, 0.15) is 12.2 Å². The van der Waals surface area contributed by atoms with Gasteiger partial charge in [-0.3, -0.25) is 9.59 Å². The van der Waals surface area contributed by atoms with E-state index in [1.165, 1.54) is 0 Å². The number of nitrogens with two attached hydrogens (primary N) is 1. The van der Waals surface area contributed by atoms with E-state index in [1.54, 1.807) is 37.3 Å². The topological polar surface area (TPSA) is 101 Å². The van der Waals surface area contributed by atoms with Gasteiger partial charge in [0.25, 0.3) is 5.91 Å². The van der Waals surface area contributed by atoms with Gasteiger partial charge in [0.2, 0.25) is 5.43 Å². The van der Waals surface area contributed by atoms with Gasteiger partial charge in [0.05, 0.1) is 24.2 Å². The fourth-order valence-electron chi connectivity index (χ4n) is 3.18. The zero-order valence-corrected chi connectivity index (χ0v) is 15.3. The first-order valence-corrected chi connectivity index (χ1v) is 8.91. The van der Waals surface area contributed by atoms with Gasteiger partial charge in [0.1, 0.15) is 17.1 Å². The molecule has 0 spiro atoms. The highest BCUT2D eigenvalue weighted by Gasteiger charge is 2.17. The van der Waals surface area contributed by atoms with E-state index in [0.717, 1.165) is 6.42 Å². The number of amides is 1. The molecular formula is C21H19NO6. The van der Waals surface area contributed by atoms with Gasteiger partial charge >= 0.3 is 0 Å². The first-order valence-electron chi connectivity index (χ1n) is 8.91. The first-order chi connectivity index (χ1) is 13.5. The Labute approximate surface area is 160 Å². The molecule has 7 nitrogen and oxygen atoms in total. The van der Waals surface area contributed by atoms with E-state index in [0.29, 0.717) is 58.3 Å². The maximum absolute atomic E-state index is 13.1. The molecule has 0 saturated carbocycles. The van der Waals surface area contributed by atoms with Crippen molar-refractivity contribution in [2.75, 3.05) is 19.8 Å². The predicted molar refractivity (Wildman–Crippen MR) is 103 cm³/mol. The highest BCUT2D eigenvalue weighted by atomic mass is 16.5. The minimum atomic E-state index is -0.581. The van der Waals surface area contributed by atoms with E-state index in [2.05, 4.69) is 0 Å². The van der Waals surface area contributed by atoms with Crippen LogP contribution in [0.2, 0.25) is 0 Å². The van der Waals surface area contributed by atoms with Gasteiger partial charge in [0, 0.05) is 12.5 Å². The molecule has 3 aromatic rings. The summed E-state index contributed by atoms with van der Waals surface area (Å²) in [5.74, 6) is 1.57. The quantitative estimate of drug-likeness (QED) is 0.746. The van der Waals surface area contributed by atoms with Crippen LogP contribution in [-0.2, 0) is 4.79 Å². The van der Waals surface area contributed by atoms with Crippen molar-refractivity contribution in [1.82, 2.24) is 0 Å². The molecule has 0 atom stereocenters. The SMILES string of the molecule is Cc1oc2cc(OCC(N)=O)ccc2c(=O)c1-c1ccc2c(c1)OCCCO2. The second-order valence-electron chi connectivity index (χ2n) is 6.49. The Kier molecular flexibility index (Phi) is 4.65. The highest BCUT2D eigenvalue weighted by Crippen LogP contribution is 2.35. The average Bonchev–Trinajstić information content (AvgIpc) is 2.91. The fourth-order valence-corrected chi connectivity index (χ4v) is 3.18. The van der Waals surface area contributed by atoms with E-state index in [9.17, 15) is 9.59 Å². The standard InChI is InChI=1S/C21H19NO6/c1-12-20(13-3-6-16-18(9-13)26-8-2-7-25-16)21(24)15-5-4-14(10-17(15)28-12)27-11-19(22)23/h3-6,9-10H,2,7-8,11H2,1H3,(H2,22,23). The predicted octanol–water partition coefficient (Wildman–Crippen LogP) is 2.79. The molecule has 7 heteroatoms. The van der Waals surface area contributed by atoms with Crippen LogP contribution in [0, 0.1) is 6.92 Å². The number of primary amides is 1. The third-order valence-electron chi connectivity index (χ3n) is 4.46. The van der Waals surface area contributed by atoms with Gasteiger partial charge < -0.3 is 24.4 Å². The third kappa shape index (κ3) is 3.38. The Bertz CT molecular complexity index is 1120. The third-order valence-corrected chi connectivity index (χ3v) is 4.46. The molecule has 0 saturated heterocycles. The average molecular weight is 381 g/mol. The summed E-state index contributed by atoms with van der Waals surface area (Å²) in [6.45, 7) is 2.65. The van der Waals surface area contributed by atoms with Crippen LogP contribution >= 0.6 is 0 Å². The molecule has 2 heterocycles. The molecule has 1 aliphatic rings. The van der Waals surface area contributed by atoms with Crippen molar-refractivity contribution in [2.24, 2.45) is 5.73 Å². The van der Waals surface area contributed by atoms with Crippen molar-refractivity contribution in [3.8, 4) is 28.4 Å². The number of hydrogen-bond donors (Lipinski definition) is 1. The van der Waals surface area contributed by atoms with Crippen molar-refractivity contribution in [1.29, 1.82) is 0 Å². The van der Waals surface area contributed by atoms with E-state index in [1.807, 2.05) is 6.07 Å². The van der Waals surface area contributed by atoms with Gasteiger partial charge in [-0.1, -0.05) is 6.07 Å². The molecule has 2 N–H and O–H groups in total. The van der Waals surface area contributed by atoms with Crippen LogP contribution in [-0.4, -0.2) is 25.7 Å². The molecular weight excluding hydrogens is 362 g/mol. The summed E-state index contributed by atoms with van der Waals surface area (Å²) in [5.41, 5.74) is 6.47. The number of carbonyl (C=O) groups is 1. The minimum Gasteiger partial charge on any atom is -0.490 e. The van der Waals surface area contributed by atoms with Crippen LogP contribution in [0.4, 0.5) is 0 Å². The number of ether oxygens (including phenoxy) is 3. The van der Waals surface area contributed by atoms with E-state index in [4.69, 9.17) is 24.4 Å². The number of benzene rings is 2. The summed E-state index contributed by atoms with van der Waals surface area (Å²) >= 11 is 0. The molecule has 144 valence electrons. The van der Waals surface area contributed by atoms with E-state index >= 15 is 0 Å². The molecule has 0 aliphatic carbocycles. The molecule has 0 fully saturated rings. The molecule has 0 radical (unpaired) electrons. The van der Waals surface area contributed by atoms with Crippen molar-refractivity contribution in [2.45, 2.75) is 13.3 Å². The number of aryl methyl sites for hydroxylation is 1. The first kappa shape index (κ1) is 17.9. The van der Waals surface area contributed by atoms with Gasteiger partial charge in [0.15, 0.2) is 18.1 Å². The molecule has 1 aromatic heterocycles. The van der Waals surface area contributed by atoms with Gasteiger partial charge in [-0.15, -0.1) is 0 Å². The molecule has 1 aliphatic heterocycles. The second-order valence-corrected chi connectivity index (χ2v) is 6.49. The lowest BCUT2D eigenvalue weighted by Crippen LogP contribution is -2.20. The lowest BCUT2D eigenvalue weighted by Gasteiger charge is -2.11. The number of hydrogen-bond acceptors (Lipinski definition) is 6. The Morgan fingerprint density at radius 2 is 1.89 bits per heavy atom. The zero-order valence-electron chi connectivity index (χ0n) is 15.3. The Balaban J connectivity index is 1.78. The minimum absolute atomic E-state index is 0.158. The Morgan fingerprint density at radius 3 is 2.68 bits per heavy atom. The summed E-state index contributed by atoms with van der Waals surface area (Å²) in [4.78, 5) is 24.0. The maximum Gasteiger partial charge on any atom is 0.255 e. The zero-order chi connectivity index (χ0) is 19.7. The molecule has 2 aromatic carbocycles. The van der Waals surface area contributed by atoms with E-state index < -0.39 is 5.91 Å². The fraction of sp³-hybridized carbons (Fsp3) is 0.238. The lowest BCUT2D eigenvalue weighted by molar-refractivity contribution is -0.119. The summed E-state index contributed by atoms with van der Waals surface area (Å²) in [5, 5.41) is 0.416. The maximum atomic E-state index is 13.1. The van der Waals surface area contributed by atoms with Crippen molar-refractivity contribution in [3.63, 3.8) is 0 Å². The molecule has 1 amide bonds. The summed E-state index contributed by atoms with van der Waals surface area (Å²) < 4.78 is 22.5. The van der Waals surface area contributed by atoms with Gasteiger partial charge in [-0.05, 0) is 36.8 Å². The summed E-state index contributed by atoms with van der Waals surface area (Å²) in [6, 6.07) is 10.2. The summed E-state index contributed by atoms with van der Waals surface area (Å²) in [7, 11) is 0. The number of fused-ring (bicyclic) bond motifs is 2. The lowest BCUT2D eigenvalue weighted by atomic mass is 10.0. The van der Waals surface area contributed by atoms with Crippen LogP contribution in [0.15, 0.2) is 45.6 Å². The number of carbonyl (C=O) groups excluding carboxylic acids is 1. The normalized spacial score (nSPS) is 13.2. The molecule has 4 rings (SSSR count). The largest absolute Gasteiger partial charge is 0.490 e. The van der Waals surface area contributed by atoms with Crippen molar-refractivity contribution < 1.29 is 23.4 Å². The van der Waals surface area contributed by atoms with Gasteiger partial charge in [-0.2, -0.15) is 0 Å². The second kappa shape index (κ2) is 7.26. The molecule has 28 heavy (non-hydrogen) atoms. The van der Waals surface area contributed by atoms with Crippen molar-refractivity contribution >= 4 is 16.9 Å². The molecule has 0 bridgehead atoms. The van der Waals surface area contributed by atoms with Crippen LogP contribution in [0.25, 0.3) is 22.1 Å². The molecule has 0 unspecified atom stereocenters. The van der Waals surface area contributed by atoms with Crippen LogP contribution in [0.5, 0.6) is 17.2 Å². The summed E-state index contributed by atoms with van der Waals surface area (Å²) in [6.07, 6.45) is 0.807. The monoisotopic (exact) mass is 381 g/mol. The highest BCUT2D eigenvalue weighted by molar-refractivity contribution is 5.84. The van der Waals surface area contributed by atoms with Gasteiger partial charge in [-0.25, -0.2) is 0 Å². The Hall–Kier alpha value is -3.48. The van der Waals surface area contributed by atoms with E-state index in [-0.39, 0.29) is 12.0 Å². The van der Waals surface area contributed by atoms with Crippen LogP contribution < -0.4 is 25.4 Å². The Morgan fingerprint density at radius 1 is 1.11 bits per heavy atom. The van der Waals surface area contributed by atoms with Crippen LogP contribution in [0.3, 0.4) is 0 Å². The smallest absolute Gasteiger partial charge is 0.255 e.